The van der Waals surface area contributed by atoms with Gasteiger partial charge in [0.1, 0.15) is 12.4 Å². The average molecular weight is 410 g/mol. The smallest absolute Gasteiger partial charge is 0.232 e. The monoisotopic (exact) mass is 410 g/mol. The molecule has 1 aromatic carbocycles. The van der Waals surface area contributed by atoms with E-state index in [1.165, 1.54) is 6.07 Å². The Kier molecular flexibility index (Phi) is 4.74. The van der Waals surface area contributed by atoms with E-state index in [2.05, 4.69) is 25.0 Å². The SMILES string of the molecule is COCc1nnc(N2CC(N3CCc4cc(F)ccc43)C2)n1-c1ccc(OC)nc1. The second kappa shape index (κ2) is 7.56. The van der Waals surface area contributed by atoms with Crippen molar-refractivity contribution in [2.24, 2.45) is 0 Å². The molecule has 9 heteroatoms. The third-order valence-electron chi connectivity index (χ3n) is 5.73. The van der Waals surface area contributed by atoms with Crippen molar-refractivity contribution in [3.8, 4) is 11.6 Å². The summed E-state index contributed by atoms with van der Waals surface area (Å²) in [5.41, 5.74) is 3.08. The molecule has 0 radical (unpaired) electrons. The molecular formula is C21H23FN6O2. The number of methoxy groups -OCH3 is 2. The van der Waals surface area contributed by atoms with Crippen LogP contribution in [0.5, 0.6) is 5.88 Å². The summed E-state index contributed by atoms with van der Waals surface area (Å²) in [4.78, 5) is 8.88. The topological polar surface area (TPSA) is 68.5 Å². The van der Waals surface area contributed by atoms with Gasteiger partial charge < -0.3 is 19.3 Å². The maximum absolute atomic E-state index is 13.5. The Balaban J connectivity index is 1.37. The molecule has 0 aliphatic carbocycles. The van der Waals surface area contributed by atoms with Gasteiger partial charge in [-0.05, 0) is 36.2 Å². The van der Waals surface area contributed by atoms with Crippen LogP contribution < -0.4 is 14.5 Å². The van der Waals surface area contributed by atoms with Gasteiger partial charge in [-0.3, -0.25) is 4.57 Å². The van der Waals surface area contributed by atoms with Crippen molar-refractivity contribution < 1.29 is 13.9 Å². The van der Waals surface area contributed by atoms with Crippen molar-refractivity contribution in [1.82, 2.24) is 19.7 Å². The summed E-state index contributed by atoms with van der Waals surface area (Å²) >= 11 is 0. The minimum Gasteiger partial charge on any atom is -0.481 e. The number of aromatic nitrogens is 4. The molecule has 0 unspecified atom stereocenters. The van der Waals surface area contributed by atoms with E-state index in [9.17, 15) is 4.39 Å². The van der Waals surface area contributed by atoms with Crippen LogP contribution >= 0.6 is 0 Å². The van der Waals surface area contributed by atoms with Crippen molar-refractivity contribution in [2.45, 2.75) is 19.1 Å². The number of pyridine rings is 1. The molecule has 3 aromatic rings. The molecule has 0 N–H and O–H groups in total. The quantitative estimate of drug-likeness (QED) is 0.617. The molecule has 8 nitrogen and oxygen atoms in total. The van der Waals surface area contributed by atoms with E-state index >= 15 is 0 Å². The number of hydrogen-bond acceptors (Lipinski definition) is 7. The number of benzene rings is 1. The van der Waals surface area contributed by atoms with E-state index in [1.807, 2.05) is 22.8 Å². The molecule has 0 amide bonds. The molecule has 30 heavy (non-hydrogen) atoms. The maximum Gasteiger partial charge on any atom is 0.232 e. The number of ether oxygens (including phenoxy) is 2. The third kappa shape index (κ3) is 3.15. The van der Waals surface area contributed by atoms with Gasteiger partial charge >= 0.3 is 0 Å². The first-order valence-electron chi connectivity index (χ1n) is 9.91. The fourth-order valence-corrected chi connectivity index (χ4v) is 4.22. The van der Waals surface area contributed by atoms with Crippen molar-refractivity contribution in [3.63, 3.8) is 0 Å². The fraction of sp³-hybridized carbons (Fsp3) is 0.381. The molecule has 1 saturated heterocycles. The van der Waals surface area contributed by atoms with Crippen LogP contribution in [0.3, 0.4) is 0 Å². The standard InChI is InChI=1S/C21H23FN6O2/c1-29-13-19-24-25-21(28(19)16-4-6-20(30-2)23-10-16)26-11-17(12-26)27-8-7-14-9-15(22)3-5-18(14)27/h3-6,9-10,17H,7-8,11-13H2,1-2H3. The van der Waals surface area contributed by atoms with Crippen molar-refractivity contribution in [2.75, 3.05) is 43.7 Å². The largest absolute Gasteiger partial charge is 0.481 e. The molecule has 0 spiro atoms. The van der Waals surface area contributed by atoms with Crippen molar-refractivity contribution >= 4 is 11.6 Å². The highest BCUT2D eigenvalue weighted by atomic mass is 19.1. The van der Waals surface area contributed by atoms with E-state index in [0.29, 0.717) is 24.4 Å². The fourth-order valence-electron chi connectivity index (χ4n) is 4.22. The highest BCUT2D eigenvalue weighted by Crippen LogP contribution is 2.34. The Morgan fingerprint density at radius 2 is 2.00 bits per heavy atom. The molecular weight excluding hydrogens is 387 g/mol. The predicted molar refractivity (Wildman–Crippen MR) is 110 cm³/mol. The highest BCUT2D eigenvalue weighted by molar-refractivity contribution is 5.61. The number of anilines is 2. The third-order valence-corrected chi connectivity index (χ3v) is 5.73. The molecule has 0 saturated carbocycles. The van der Waals surface area contributed by atoms with E-state index in [4.69, 9.17) is 9.47 Å². The maximum atomic E-state index is 13.5. The van der Waals surface area contributed by atoms with E-state index < -0.39 is 0 Å². The minimum atomic E-state index is -0.169. The summed E-state index contributed by atoms with van der Waals surface area (Å²) in [6, 6.07) is 9.19. The summed E-state index contributed by atoms with van der Waals surface area (Å²) in [5, 5.41) is 8.75. The number of halogens is 1. The summed E-state index contributed by atoms with van der Waals surface area (Å²) in [7, 11) is 3.23. The summed E-state index contributed by atoms with van der Waals surface area (Å²) in [6.45, 7) is 2.92. The molecule has 2 aromatic heterocycles. The molecule has 2 aliphatic rings. The van der Waals surface area contributed by atoms with Crippen molar-refractivity contribution in [1.29, 1.82) is 0 Å². The molecule has 5 rings (SSSR count). The lowest BCUT2D eigenvalue weighted by Crippen LogP contribution is -2.60. The number of fused-ring (bicyclic) bond motifs is 1. The lowest BCUT2D eigenvalue weighted by atomic mass is 10.1. The molecule has 0 atom stereocenters. The lowest BCUT2D eigenvalue weighted by Gasteiger charge is -2.45. The second-order valence-corrected chi connectivity index (χ2v) is 7.52. The average Bonchev–Trinajstić information content (AvgIpc) is 3.32. The Labute approximate surface area is 173 Å². The van der Waals surface area contributed by atoms with Gasteiger partial charge in [0.15, 0.2) is 5.82 Å². The zero-order valence-electron chi connectivity index (χ0n) is 17.0. The Morgan fingerprint density at radius 3 is 2.73 bits per heavy atom. The summed E-state index contributed by atoms with van der Waals surface area (Å²) in [6.07, 6.45) is 2.63. The van der Waals surface area contributed by atoms with Gasteiger partial charge in [-0.2, -0.15) is 0 Å². The van der Waals surface area contributed by atoms with Gasteiger partial charge in [0, 0.05) is 38.5 Å². The van der Waals surface area contributed by atoms with Crippen LogP contribution in [0.25, 0.3) is 5.69 Å². The zero-order valence-corrected chi connectivity index (χ0v) is 17.0. The summed E-state index contributed by atoms with van der Waals surface area (Å²) in [5.74, 6) is 1.86. The number of hydrogen-bond donors (Lipinski definition) is 0. The second-order valence-electron chi connectivity index (χ2n) is 7.52. The molecule has 2 aliphatic heterocycles. The highest BCUT2D eigenvalue weighted by Gasteiger charge is 2.37. The Hall–Kier alpha value is -3.20. The Bertz CT molecular complexity index is 1050. The number of nitrogens with zero attached hydrogens (tertiary/aromatic N) is 6. The number of rotatable bonds is 6. The van der Waals surface area contributed by atoms with Crippen LogP contribution in [0.4, 0.5) is 16.0 Å². The van der Waals surface area contributed by atoms with Gasteiger partial charge in [0.05, 0.1) is 25.0 Å². The molecule has 4 heterocycles. The first-order chi connectivity index (χ1) is 14.7. The van der Waals surface area contributed by atoms with Gasteiger partial charge in [-0.1, -0.05) is 0 Å². The van der Waals surface area contributed by atoms with Crippen LogP contribution in [-0.4, -0.2) is 59.6 Å². The van der Waals surface area contributed by atoms with Crippen molar-refractivity contribution in [3.05, 3.63) is 53.7 Å². The first kappa shape index (κ1) is 18.8. The van der Waals surface area contributed by atoms with Gasteiger partial charge in [-0.25, -0.2) is 9.37 Å². The van der Waals surface area contributed by atoms with Crippen LogP contribution in [-0.2, 0) is 17.8 Å². The van der Waals surface area contributed by atoms with Gasteiger partial charge in [0.2, 0.25) is 11.8 Å². The van der Waals surface area contributed by atoms with E-state index in [1.54, 1.807) is 26.5 Å². The molecule has 156 valence electrons. The zero-order chi connectivity index (χ0) is 20.7. The van der Waals surface area contributed by atoms with Crippen LogP contribution in [0.1, 0.15) is 11.4 Å². The first-order valence-corrected chi connectivity index (χ1v) is 9.91. The molecule has 0 bridgehead atoms. The predicted octanol–water partition coefficient (Wildman–Crippen LogP) is 2.21. The minimum absolute atomic E-state index is 0.169. The van der Waals surface area contributed by atoms with Crippen LogP contribution in [0, 0.1) is 5.82 Å². The summed E-state index contributed by atoms with van der Waals surface area (Å²) < 4.78 is 26.0. The van der Waals surface area contributed by atoms with E-state index in [-0.39, 0.29) is 5.82 Å². The van der Waals surface area contributed by atoms with Crippen LogP contribution in [0.2, 0.25) is 0 Å². The Morgan fingerprint density at radius 1 is 1.13 bits per heavy atom. The van der Waals surface area contributed by atoms with Crippen LogP contribution in [0.15, 0.2) is 36.5 Å². The van der Waals surface area contributed by atoms with E-state index in [0.717, 1.165) is 48.9 Å². The normalized spacial score (nSPS) is 16.0. The molecule has 1 fully saturated rings. The lowest BCUT2D eigenvalue weighted by molar-refractivity contribution is 0.176. The van der Waals surface area contributed by atoms with Gasteiger partial charge in [0.25, 0.3) is 0 Å². The van der Waals surface area contributed by atoms with Gasteiger partial charge in [-0.15, -0.1) is 10.2 Å².